The summed E-state index contributed by atoms with van der Waals surface area (Å²) in [4.78, 5) is 0. The molecule has 0 bridgehead atoms. The first kappa shape index (κ1) is 14.0. The van der Waals surface area contributed by atoms with Crippen molar-refractivity contribution in [2.45, 2.75) is 77.4 Å². The highest BCUT2D eigenvalue weighted by molar-refractivity contribution is 4.87. The summed E-state index contributed by atoms with van der Waals surface area (Å²) in [6.07, 6.45) is 7.51. The molecule has 0 spiro atoms. The quantitative estimate of drug-likeness (QED) is 0.753. The van der Waals surface area contributed by atoms with Crippen molar-refractivity contribution in [1.29, 1.82) is 0 Å². The molecule has 2 atom stereocenters. The molecular formula is C14H28O2. The number of hydrogen-bond acceptors (Lipinski definition) is 2. The van der Waals surface area contributed by atoms with Crippen LogP contribution in [0.2, 0.25) is 0 Å². The Morgan fingerprint density at radius 2 is 2.00 bits per heavy atom. The Morgan fingerprint density at radius 1 is 1.31 bits per heavy atom. The summed E-state index contributed by atoms with van der Waals surface area (Å²) in [6, 6.07) is 0. The lowest BCUT2D eigenvalue weighted by Crippen LogP contribution is -2.42. The van der Waals surface area contributed by atoms with Gasteiger partial charge in [0.2, 0.25) is 0 Å². The number of rotatable bonds is 6. The zero-order chi connectivity index (χ0) is 12.0. The molecular weight excluding hydrogens is 200 g/mol. The predicted octanol–water partition coefficient (Wildman–Crippen LogP) is 3.52. The van der Waals surface area contributed by atoms with E-state index in [4.69, 9.17) is 4.74 Å². The Hall–Kier alpha value is -0.0800. The molecule has 96 valence electrons. The van der Waals surface area contributed by atoms with Gasteiger partial charge in [-0.25, -0.2) is 0 Å². The van der Waals surface area contributed by atoms with Crippen molar-refractivity contribution < 1.29 is 9.84 Å². The van der Waals surface area contributed by atoms with Gasteiger partial charge in [-0.2, -0.15) is 0 Å². The van der Waals surface area contributed by atoms with Crippen LogP contribution < -0.4 is 0 Å². The van der Waals surface area contributed by atoms with Gasteiger partial charge in [0, 0.05) is 13.0 Å². The van der Waals surface area contributed by atoms with Crippen LogP contribution in [-0.2, 0) is 4.74 Å². The van der Waals surface area contributed by atoms with Crippen molar-refractivity contribution in [2.24, 2.45) is 5.92 Å². The first-order chi connectivity index (χ1) is 7.63. The van der Waals surface area contributed by atoms with Gasteiger partial charge < -0.3 is 9.84 Å². The van der Waals surface area contributed by atoms with Gasteiger partial charge in [0.1, 0.15) is 0 Å². The summed E-state index contributed by atoms with van der Waals surface area (Å²) in [7, 11) is 0. The standard InChI is InChI=1S/C14H28O2/c1-4-7-13-11-14(15,8-9-16-13)10-12(5-2)6-3/h12-13,15H,4-11H2,1-3H3. The lowest BCUT2D eigenvalue weighted by Gasteiger charge is -2.39. The van der Waals surface area contributed by atoms with Gasteiger partial charge >= 0.3 is 0 Å². The van der Waals surface area contributed by atoms with Crippen molar-refractivity contribution >= 4 is 0 Å². The highest BCUT2D eigenvalue weighted by atomic mass is 16.5. The number of hydrogen-bond donors (Lipinski definition) is 1. The van der Waals surface area contributed by atoms with Crippen LogP contribution in [0.5, 0.6) is 0 Å². The Morgan fingerprint density at radius 3 is 2.56 bits per heavy atom. The Kier molecular flexibility index (Phi) is 5.77. The van der Waals surface area contributed by atoms with Crippen LogP contribution in [-0.4, -0.2) is 23.4 Å². The second-order valence-electron chi connectivity index (χ2n) is 5.35. The first-order valence-corrected chi connectivity index (χ1v) is 6.97. The van der Waals surface area contributed by atoms with Gasteiger partial charge in [-0.05, 0) is 25.2 Å². The number of aliphatic hydroxyl groups is 1. The third-order valence-corrected chi connectivity index (χ3v) is 3.96. The molecule has 0 aromatic rings. The van der Waals surface area contributed by atoms with E-state index < -0.39 is 5.60 Å². The molecule has 1 fully saturated rings. The smallest absolute Gasteiger partial charge is 0.0697 e. The van der Waals surface area contributed by atoms with Crippen LogP contribution in [0, 0.1) is 5.92 Å². The molecule has 16 heavy (non-hydrogen) atoms. The second kappa shape index (κ2) is 6.61. The highest BCUT2D eigenvalue weighted by Crippen LogP contribution is 2.34. The van der Waals surface area contributed by atoms with Crippen molar-refractivity contribution in [3.05, 3.63) is 0 Å². The Bertz CT molecular complexity index is 187. The molecule has 2 unspecified atom stereocenters. The van der Waals surface area contributed by atoms with E-state index in [-0.39, 0.29) is 6.10 Å². The van der Waals surface area contributed by atoms with E-state index in [9.17, 15) is 5.11 Å². The normalized spacial score (nSPS) is 30.9. The van der Waals surface area contributed by atoms with Gasteiger partial charge in [0.15, 0.2) is 0 Å². The second-order valence-corrected chi connectivity index (χ2v) is 5.35. The lowest BCUT2D eigenvalue weighted by molar-refractivity contribution is -0.115. The molecule has 1 N–H and O–H groups in total. The summed E-state index contributed by atoms with van der Waals surface area (Å²) in [5.41, 5.74) is -0.450. The van der Waals surface area contributed by atoms with E-state index in [1.807, 2.05) is 0 Å². The van der Waals surface area contributed by atoms with E-state index in [0.29, 0.717) is 5.92 Å². The van der Waals surface area contributed by atoms with Crippen molar-refractivity contribution in [1.82, 2.24) is 0 Å². The maximum atomic E-state index is 10.6. The minimum atomic E-state index is -0.450. The molecule has 1 aliphatic heterocycles. The van der Waals surface area contributed by atoms with Crippen LogP contribution in [0.25, 0.3) is 0 Å². The molecule has 0 saturated carbocycles. The fraction of sp³-hybridized carbons (Fsp3) is 1.00. The number of ether oxygens (including phenoxy) is 1. The summed E-state index contributed by atoms with van der Waals surface area (Å²) in [6.45, 7) is 7.36. The summed E-state index contributed by atoms with van der Waals surface area (Å²) >= 11 is 0. The molecule has 1 saturated heterocycles. The summed E-state index contributed by atoms with van der Waals surface area (Å²) in [5, 5.41) is 10.6. The average Bonchev–Trinajstić information content (AvgIpc) is 2.26. The topological polar surface area (TPSA) is 29.5 Å². The van der Waals surface area contributed by atoms with E-state index in [1.54, 1.807) is 0 Å². The maximum absolute atomic E-state index is 10.6. The van der Waals surface area contributed by atoms with Crippen LogP contribution >= 0.6 is 0 Å². The third kappa shape index (κ3) is 4.06. The molecule has 0 aromatic heterocycles. The van der Waals surface area contributed by atoms with E-state index in [1.165, 1.54) is 12.8 Å². The monoisotopic (exact) mass is 228 g/mol. The molecule has 0 amide bonds. The molecule has 1 heterocycles. The zero-order valence-electron chi connectivity index (χ0n) is 11.2. The van der Waals surface area contributed by atoms with E-state index in [2.05, 4.69) is 20.8 Å². The molecule has 2 heteroatoms. The van der Waals surface area contributed by atoms with Crippen LogP contribution in [0.3, 0.4) is 0 Å². The molecule has 0 aliphatic carbocycles. The predicted molar refractivity (Wildman–Crippen MR) is 67.5 cm³/mol. The fourth-order valence-corrected chi connectivity index (χ4v) is 2.81. The minimum Gasteiger partial charge on any atom is -0.390 e. The molecule has 1 rings (SSSR count). The first-order valence-electron chi connectivity index (χ1n) is 6.97. The van der Waals surface area contributed by atoms with Crippen LogP contribution in [0.4, 0.5) is 0 Å². The molecule has 2 nitrogen and oxygen atoms in total. The van der Waals surface area contributed by atoms with Gasteiger partial charge in [0.05, 0.1) is 11.7 Å². The van der Waals surface area contributed by atoms with Crippen LogP contribution in [0.1, 0.15) is 65.7 Å². The van der Waals surface area contributed by atoms with Gasteiger partial charge in [0.25, 0.3) is 0 Å². The van der Waals surface area contributed by atoms with E-state index in [0.717, 1.165) is 38.7 Å². The largest absolute Gasteiger partial charge is 0.390 e. The highest BCUT2D eigenvalue weighted by Gasteiger charge is 2.35. The van der Waals surface area contributed by atoms with Gasteiger partial charge in [-0.3, -0.25) is 0 Å². The summed E-state index contributed by atoms with van der Waals surface area (Å²) in [5.74, 6) is 0.672. The van der Waals surface area contributed by atoms with Crippen molar-refractivity contribution in [3.8, 4) is 0 Å². The zero-order valence-corrected chi connectivity index (χ0v) is 11.2. The molecule has 0 aromatic carbocycles. The van der Waals surface area contributed by atoms with E-state index >= 15 is 0 Å². The minimum absolute atomic E-state index is 0.290. The molecule has 0 radical (unpaired) electrons. The van der Waals surface area contributed by atoms with Crippen molar-refractivity contribution in [3.63, 3.8) is 0 Å². The SMILES string of the molecule is CCCC1CC(O)(CC(CC)CC)CCO1. The lowest BCUT2D eigenvalue weighted by atomic mass is 9.80. The fourth-order valence-electron chi connectivity index (χ4n) is 2.81. The maximum Gasteiger partial charge on any atom is 0.0697 e. The Balaban J connectivity index is 2.48. The van der Waals surface area contributed by atoms with Gasteiger partial charge in [-0.15, -0.1) is 0 Å². The Labute approximate surface area is 100 Å². The van der Waals surface area contributed by atoms with Crippen LogP contribution in [0.15, 0.2) is 0 Å². The third-order valence-electron chi connectivity index (χ3n) is 3.96. The van der Waals surface area contributed by atoms with Gasteiger partial charge in [-0.1, -0.05) is 40.0 Å². The average molecular weight is 228 g/mol. The molecule has 1 aliphatic rings. The summed E-state index contributed by atoms with van der Waals surface area (Å²) < 4.78 is 5.70. The van der Waals surface area contributed by atoms with Crippen molar-refractivity contribution in [2.75, 3.05) is 6.61 Å².